The van der Waals surface area contributed by atoms with Gasteiger partial charge in [-0.25, -0.2) is 17.6 Å². The Bertz CT molecular complexity index is 778. The highest BCUT2D eigenvalue weighted by Crippen LogP contribution is 2.22. The smallest absolute Gasteiger partial charge is 0.297 e. The van der Waals surface area contributed by atoms with Gasteiger partial charge in [0.15, 0.2) is 11.6 Å². The van der Waals surface area contributed by atoms with E-state index in [1.54, 1.807) is 0 Å². The summed E-state index contributed by atoms with van der Waals surface area (Å²) in [7, 11) is 0. The summed E-state index contributed by atoms with van der Waals surface area (Å²) >= 11 is 0. The Hall–Kier alpha value is -2.34. The van der Waals surface area contributed by atoms with Crippen molar-refractivity contribution in [3.05, 3.63) is 35.4 Å². The minimum absolute atomic E-state index is 0.266. The third-order valence-electron chi connectivity index (χ3n) is 5.01. The fourth-order valence-electron chi connectivity index (χ4n) is 3.54. The van der Waals surface area contributed by atoms with Crippen LogP contribution in [0.3, 0.4) is 0 Å². The van der Waals surface area contributed by atoms with E-state index in [1.807, 2.05) is 12.2 Å². The van der Waals surface area contributed by atoms with E-state index >= 15 is 0 Å². The molecule has 0 unspecified atom stereocenters. The first-order valence-corrected chi connectivity index (χ1v) is 9.03. The van der Waals surface area contributed by atoms with E-state index in [1.165, 1.54) is 9.13 Å². The van der Waals surface area contributed by atoms with Crippen molar-refractivity contribution in [3.63, 3.8) is 0 Å². The Morgan fingerprint density at radius 2 is 1.11 bits per heavy atom. The molecule has 0 fully saturated rings. The zero-order valence-electron chi connectivity index (χ0n) is 15.1. The molecule has 12 heteroatoms. The van der Waals surface area contributed by atoms with Gasteiger partial charge < -0.3 is 9.13 Å². The standard InChI is InChI=1S/C16H20F4N8/c17-13(18)15-23-21-11-9-25(5-7-27(11)15)3-1-2-4-26-6-8-28-12(10-26)22-24-16(28)14(19)20/h1-2,13-14H,3-10H2/b2-1+. The Balaban J connectivity index is 1.26. The number of hydrogen-bond donors (Lipinski definition) is 0. The zero-order chi connectivity index (χ0) is 19.7. The summed E-state index contributed by atoms with van der Waals surface area (Å²) in [5.41, 5.74) is 0. The van der Waals surface area contributed by atoms with Crippen LogP contribution in [-0.4, -0.2) is 65.5 Å². The van der Waals surface area contributed by atoms with E-state index in [0.717, 1.165) is 0 Å². The van der Waals surface area contributed by atoms with Crippen LogP contribution in [0.1, 0.15) is 36.1 Å². The second-order valence-corrected chi connectivity index (χ2v) is 6.80. The van der Waals surface area contributed by atoms with Crippen LogP contribution in [0.2, 0.25) is 0 Å². The first kappa shape index (κ1) is 19.0. The largest absolute Gasteiger partial charge is 0.308 e. The fourth-order valence-corrected chi connectivity index (χ4v) is 3.54. The molecule has 2 aromatic rings. The Labute approximate surface area is 158 Å². The number of hydrogen-bond acceptors (Lipinski definition) is 6. The molecule has 2 aliphatic heterocycles. The van der Waals surface area contributed by atoms with Gasteiger partial charge in [0.05, 0.1) is 13.1 Å². The maximum absolute atomic E-state index is 12.8. The van der Waals surface area contributed by atoms with Gasteiger partial charge >= 0.3 is 0 Å². The van der Waals surface area contributed by atoms with Gasteiger partial charge in [-0.3, -0.25) is 9.80 Å². The van der Waals surface area contributed by atoms with E-state index in [9.17, 15) is 17.6 Å². The van der Waals surface area contributed by atoms with Crippen LogP contribution < -0.4 is 0 Å². The monoisotopic (exact) mass is 400 g/mol. The average Bonchev–Trinajstić information content (AvgIpc) is 3.28. The van der Waals surface area contributed by atoms with Gasteiger partial charge in [0, 0.05) is 39.3 Å². The number of aromatic nitrogens is 6. The molecule has 4 heterocycles. The first-order chi connectivity index (χ1) is 13.5. The number of rotatable bonds is 6. The van der Waals surface area contributed by atoms with Crippen molar-refractivity contribution < 1.29 is 17.6 Å². The molecule has 8 nitrogen and oxygen atoms in total. The fraction of sp³-hybridized carbons (Fsp3) is 0.625. The average molecular weight is 400 g/mol. The van der Waals surface area contributed by atoms with E-state index < -0.39 is 12.9 Å². The van der Waals surface area contributed by atoms with Crippen molar-refractivity contribution in [2.75, 3.05) is 26.2 Å². The van der Waals surface area contributed by atoms with Gasteiger partial charge in [-0.05, 0) is 0 Å². The quantitative estimate of drug-likeness (QED) is 0.543. The van der Waals surface area contributed by atoms with Gasteiger partial charge in [-0.15, -0.1) is 20.4 Å². The van der Waals surface area contributed by atoms with E-state index in [0.29, 0.717) is 64.0 Å². The molecule has 0 saturated heterocycles. The number of nitrogens with zero attached hydrogens (tertiary/aromatic N) is 8. The first-order valence-electron chi connectivity index (χ1n) is 9.03. The molecule has 0 bridgehead atoms. The molecule has 0 spiro atoms. The molecule has 2 aromatic heterocycles. The summed E-state index contributed by atoms with van der Waals surface area (Å²) in [5, 5.41) is 14.9. The lowest BCUT2D eigenvalue weighted by atomic mass is 10.3. The van der Waals surface area contributed by atoms with Gasteiger partial charge in [0.2, 0.25) is 0 Å². The minimum atomic E-state index is -2.61. The molecule has 152 valence electrons. The molecule has 0 aromatic carbocycles. The number of alkyl halides is 4. The predicted molar refractivity (Wildman–Crippen MR) is 89.7 cm³/mol. The highest BCUT2D eigenvalue weighted by atomic mass is 19.3. The van der Waals surface area contributed by atoms with Gasteiger partial charge in [-0.2, -0.15) is 0 Å². The molecule has 0 saturated carbocycles. The van der Waals surface area contributed by atoms with Crippen LogP contribution in [0.4, 0.5) is 17.6 Å². The van der Waals surface area contributed by atoms with Crippen molar-refractivity contribution in [3.8, 4) is 0 Å². The van der Waals surface area contributed by atoms with E-state index in [4.69, 9.17) is 0 Å². The maximum atomic E-state index is 12.8. The predicted octanol–water partition coefficient (Wildman–Crippen LogP) is 1.63. The van der Waals surface area contributed by atoms with Gasteiger partial charge in [0.1, 0.15) is 11.6 Å². The Morgan fingerprint density at radius 1 is 0.679 bits per heavy atom. The third-order valence-corrected chi connectivity index (χ3v) is 5.01. The van der Waals surface area contributed by atoms with Crippen LogP contribution >= 0.6 is 0 Å². The molecule has 0 amide bonds. The third kappa shape index (κ3) is 3.78. The molecular formula is C16H20F4N8. The van der Waals surface area contributed by atoms with Crippen LogP contribution in [0.25, 0.3) is 0 Å². The van der Waals surface area contributed by atoms with Gasteiger partial charge in [0.25, 0.3) is 12.9 Å². The number of halogens is 4. The molecular weight excluding hydrogens is 380 g/mol. The molecule has 0 atom stereocenters. The topological polar surface area (TPSA) is 67.9 Å². The highest BCUT2D eigenvalue weighted by molar-refractivity contribution is 5.03. The Kier molecular flexibility index (Phi) is 5.40. The van der Waals surface area contributed by atoms with Crippen LogP contribution in [0, 0.1) is 0 Å². The molecule has 4 rings (SSSR count). The second-order valence-electron chi connectivity index (χ2n) is 6.80. The van der Waals surface area contributed by atoms with Gasteiger partial charge in [-0.1, -0.05) is 12.2 Å². The minimum Gasteiger partial charge on any atom is -0.308 e. The summed E-state index contributed by atoms with van der Waals surface area (Å²) in [6.07, 6.45) is -1.19. The van der Waals surface area contributed by atoms with Crippen LogP contribution in [0.15, 0.2) is 12.2 Å². The van der Waals surface area contributed by atoms with Crippen molar-refractivity contribution in [2.24, 2.45) is 0 Å². The van der Waals surface area contributed by atoms with Crippen molar-refractivity contribution in [1.82, 2.24) is 39.3 Å². The molecule has 2 aliphatic rings. The lowest BCUT2D eigenvalue weighted by molar-refractivity contribution is 0.129. The molecule has 0 radical (unpaired) electrons. The zero-order valence-corrected chi connectivity index (χ0v) is 15.1. The normalized spacial score (nSPS) is 18.4. The van der Waals surface area contributed by atoms with Crippen molar-refractivity contribution >= 4 is 0 Å². The molecule has 0 aliphatic carbocycles. The lowest BCUT2D eigenvalue weighted by Gasteiger charge is -2.27. The van der Waals surface area contributed by atoms with E-state index in [2.05, 4.69) is 30.2 Å². The molecule has 0 N–H and O–H groups in total. The van der Waals surface area contributed by atoms with Crippen molar-refractivity contribution in [1.29, 1.82) is 0 Å². The summed E-state index contributed by atoms with van der Waals surface area (Å²) in [4.78, 5) is 4.22. The van der Waals surface area contributed by atoms with E-state index in [-0.39, 0.29) is 11.6 Å². The summed E-state index contributed by atoms with van der Waals surface area (Å²) in [5.74, 6) is 0.580. The summed E-state index contributed by atoms with van der Waals surface area (Å²) in [6.45, 7) is 4.51. The number of fused-ring (bicyclic) bond motifs is 2. The van der Waals surface area contributed by atoms with Crippen LogP contribution in [-0.2, 0) is 26.2 Å². The SMILES string of the molecule is FC(F)c1nnc2n1CCN(C/C=C/CN1CCn3c(nnc3C(F)F)C1)C2. The lowest BCUT2D eigenvalue weighted by Crippen LogP contribution is -2.35. The van der Waals surface area contributed by atoms with Crippen molar-refractivity contribution in [2.45, 2.75) is 39.0 Å². The summed E-state index contributed by atoms with van der Waals surface area (Å²) in [6, 6.07) is 0. The van der Waals surface area contributed by atoms with Crippen LogP contribution in [0.5, 0.6) is 0 Å². The maximum Gasteiger partial charge on any atom is 0.297 e. The second kappa shape index (κ2) is 7.95. The Morgan fingerprint density at radius 3 is 1.50 bits per heavy atom. The highest BCUT2D eigenvalue weighted by Gasteiger charge is 2.26. The molecule has 28 heavy (non-hydrogen) atoms. The summed E-state index contributed by atoms with van der Waals surface area (Å²) < 4.78 is 54.4.